The molecule has 0 bridgehead atoms. The Morgan fingerprint density at radius 1 is 1.27 bits per heavy atom. The Balaban J connectivity index is 2.38. The number of nitriles is 2. The van der Waals surface area contributed by atoms with Crippen LogP contribution < -0.4 is 4.74 Å². The van der Waals surface area contributed by atoms with Crippen molar-refractivity contribution < 1.29 is 9.66 Å². The summed E-state index contributed by atoms with van der Waals surface area (Å²) in [6.07, 6.45) is 7.11. The summed E-state index contributed by atoms with van der Waals surface area (Å²) in [4.78, 5) is 10.5. The Bertz CT molecular complexity index is 893. The molecule has 0 aromatic heterocycles. The number of hydrogen-bond donors (Lipinski definition) is 0. The SMILES string of the molecule is COc1cc(/C=C/C2=CC(=C(C#N)C#N)CC(C)(C)C2)ccc1[N+](=O)[O-]. The van der Waals surface area contributed by atoms with Gasteiger partial charge >= 0.3 is 5.69 Å². The fourth-order valence-corrected chi connectivity index (χ4v) is 3.04. The predicted octanol–water partition coefficient (Wildman–Crippen LogP) is 4.71. The zero-order chi connectivity index (χ0) is 19.3. The van der Waals surface area contributed by atoms with E-state index in [1.807, 2.05) is 30.4 Å². The zero-order valence-electron chi connectivity index (χ0n) is 14.9. The topological polar surface area (TPSA) is 99.9 Å². The molecule has 0 atom stereocenters. The van der Waals surface area contributed by atoms with Crippen molar-refractivity contribution in [1.29, 1.82) is 10.5 Å². The monoisotopic (exact) mass is 349 g/mol. The highest BCUT2D eigenvalue weighted by molar-refractivity contribution is 5.61. The average Bonchev–Trinajstić information content (AvgIpc) is 2.59. The van der Waals surface area contributed by atoms with E-state index in [2.05, 4.69) is 13.8 Å². The third kappa shape index (κ3) is 4.37. The molecule has 0 fully saturated rings. The van der Waals surface area contributed by atoms with Gasteiger partial charge in [-0.25, -0.2) is 0 Å². The maximum absolute atomic E-state index is 11.0. The van der Waals surface area contributed by atoms with E-state index >= 15 is 0 Å². The van der Waals surface area contributed by atoms with Crippen molar-refractivity contribution in [3.8, 4) is 17.9 Å². The third-order valence-corrected chi connectivity index (χ3v) is 4.15. The largest absolute Gasteiger partial charge is 0.490 e. The molecule has 0 N–H and O–H groups in total. The van der Waals surface area contributed by atoms with Gasteiger partial charge < -0.3 is 4.74 Å². The molecule has 0 radical (unpaired) electrons. The molecular formula is C20H19N3O3. The quantitative estimate of drug-likeness (QED) is 0.445. The summed E-state index contributed by atoms with van der Waals surface area (Å²) in [6, 6.07) is 8.58. The van der Waals surface area contributed by atoms with E-state index in [1.165, 1.54) is 13.2 Å². The second kappa shape index (κ2) is 7.67. The maximum atomic E-state index is 11.0. The highest BCUT2D eigenvalue weighted by atomic mass is 16.6. The van der Waals surface area contributed by atoms with Gasteiger partial charge in [-0.15, -0.1) is 0 Å². The summed E-state index contributed by atoms with van der Waals surface area (Å²) in [6.45, 7) is 4.18. The second-order valence-electron chi connectivity index (χ2n) is 6.88. The second-order valence-corrected chi connectivity index (χ2v) is 6.88. The van der Waals surface area contributed by atoms with Crippen LogP contribution in [0.4, 0.5) is 5.69 Å². The summed E-state index contributed by atoms with van der Waals surface area (Å²) < 4.78 is 5.08. The lowest BCUT2D eigenvalue weighted by atomic mass is 9.74. The van der Waals surface area contributed by atoms with Crippen molar-refractivity contribution in [2.75, 3.05) is 7.11 Å². The van der Waals surface area contributed by atoms with Gasteiger partial charge in [-0.1, -0.05) is 32.1 Å². The van der Waals surface area contributed by atoms with Gasteiger partial charge in [0, 0.05) is 6.07 Å². The molecule has 1 aromatic carbocycles. The van der Waals surface area contributed by atoms with Crippen molar-refractivity contribution in [2.24, 2.45) is 5.41 Å². The van der Waals surface area contributed by atoms with Crippen LogP contribution >= 0.6 is 0 Å². The Morgan fingerprint density at radius 3 is 2.54 bits per heavy atom. The lowest BCUT2D eigenvalue weighted by molar-refractivity contribution is -0.385. The van der Waals surface area contributed by atoms with Crippen LogP contribution in [0.2, 0.25) is 0 Å². The molecule has 6 nitrogen and oxygen atoms in total. The molecular weight excluding hydrogens is 330 g/mol. The highest BCUT2D eigenvalue weighted by Gasteiger charge is 2.26. The summed E-state index contributed by atoms with van der Waals surface area (Å²) >= 11 is 0. The Morgan fingerprint density at radius 2 is 1.96 bits per heavy atom. The van der Waals surface area contributed by atoms with E-state index in [4.69, 9.17) is 15.3 Å². The van der Waals surface area contributed by atoms with Crippen molar-refractivity contribution in [1.82, 2.24) is 0 Å². The third-order valence-electron chi connectivity index (χ3n) is 4.15. The fraction of sp³-hybridized carbons (Fsp3) is 0.300. The Kier molecular flexibility index (Phi) is 5.59. The fourth-order valence-electron chi connectivity index (χ4n) is 3.04. The van der Waals surface area contributed by atoms with E-state index in [-0.39, 0.29) is 22.4 Å². The van der Waals surface area contributed by atoms with Crippen molar-refractivity contribution in [3.05, 3.63) is 62.7 Å². The first-order chi connectivity index (χ1) is 12.3. The number of nitro groups is 1. The first-order valence-corrected chi connectivity index (χ1v) is 8.04. The zero-order valence-corrected chi connectivity index (χ0v) is 14.9. The van der Waals surface area contributed by atoms with E-state index in [0.29, 0.717) is 6.42 Å². The van der Waals surface area contributed by atoms with Gasteiger partial charge in [-0.2, -0.15) is 10.5 Å². The molecule has 26 heavy (non-hydrogen) atoms. The van der Waals surface area contributed by atoms with Crippen molar-refractivity contribution >= 4 is 11.8 Å². The summed E-state index contributed by atoms with van der Waals surface area (Å²) in [5.41, 5.74) is 2.50. The average molecular weight is 349 g/mol. The van der Waals surface area contributed by atoms with Gasteiger partial charge in [-0.3, -0.25) is 10.1 Å². The van der Waals surface area contributed by atoms with Gasteiger partial charge in [0.2, 0.25) is 0 Å². The highest BCUT2D eigenvalue weighted by Crippen LogP contribution is 2.39. The molecule has 0 amide bonds. The van der Waals surface area contributed by atoms with Crippen molar-refractivity contribution in [2.45, 2.75) is 26.7 Å². The number of rotatable bonds is 4. The van der Waals surface area contributed by atoms with Crippen LogP contribution in [0.25, 0.3) is 6.08 Å². The lowest BCUT2D eigenvalue weighted by Gasteiger charge is -2.30. The number of methoxy groups -OCH3 is 1. The van der Waals surface area contributed by atoms with Gasteiger partial charge in [0.15, 0.2) is 5.75 Å². The molecule has 2 rings (SSSR count). The smallest absolute Gasteiger partial charge is 0.310 e. The molecule has 1 aromatic rings. The number of hydrogen-bond acceptors (Lipinski definition) is 5. The van der Waals surface area contributed by atoms with Crippen LogP contribution in [0.15, 0.2) is 47.1 Å². The van der Waals surface area contributed by atoms with Gasteiger partial charge in [0.05, 0.1) is 12.0 Å². The van der Waals surface area contributed by atoms with Gasteiger partial charge in [0.25, 0.3) is 0 Å². The molecule has 1 aliphatic rings. The van der Waals surface area contributed by atoms with Crippen molar-refractivity contribution in [3.63, 3.8) is 0 Å². The predicted molar refractivity (Wildman–Crippen MR) is 98.0 cm³/mol. The van der Waals surface area contributed by atoms with E-state index in [9.17, 15) is 10.1 Å². The van der Waals surface area contributed by atoms with Gasteiger partial charge in [0.1, 0.15) is 17.7 Å². The standard InChI is InChI=1S/C20H19N3O3/c1-20(2)10-15(8-16(11-20)17(12-21)13-22)5-4-14-6-7-18(23(24)25)19(9-14)26-3/h4-9H,10-11H2,1-3H3/b5-4+. The first kappa shape index (κ1) is 19.0. The number of ether oxygens (including phenoxy) is 1. The molecule has 0 heterocycles. The summed E-state index contributed by atoms with van der Waals surface area (Å²) in [7, 11) is 1.39. The summed E-state index contributed by atoms with van der Waals surface area (Å²) in [5.74, 6) is 0.201. The normalized spacial score (nSPS) is 15.7. The minimum Gasteiger partial charge on any atom is -0.490 e. The Labute approximate surface area is 152 Å². The number of benzene rings is 1. The van der Waals surface area contributed by atoms with Crippen LogP contribution in [0.3, 0.4) is 0 Å². The number of nitro benzene ring substituents is 1. The number of nitrogens with zero attached hydrogens (tertiary/aromatic N) is 3. The molecule has 0 spiro atoms. The lowest BCUT2D eigenvalue weighted by Crippen LogP contribution is -2.17. The molecule has 0 saturated heterocycles. The van der Waals surface area contributed by atoms with Crippen LogP contribution in [-0.4, -0.2) is 12.0 Å². The van der Waals surface area contributed by atoms with Crippen LogP contribution in [-0.2, 0) is 0 Å². The van der Waals surface area contributed by atoms with Crippen LogP contribution in [0.5, 0.6) is 5.75 Å². The maximum Gasteiger partial charge on any atom is 0.310 e. The first-order valence-electron chi connectivity index (χ1n) is 8.04. The van der Waals surface area contributed by atoms with E-state index < -0.39 is 4.92 Å². The number of allylic oxidation sites excluding steroid dienone is 5. The molecule has 0 aliphatic heterocycles. The molecule has 0 saturated carbocycles. The molecule has 0 unspecified atom stereocenters. The molecule has 132 valence electrons. The van der Waals surface area contributed by atoms with Crippen LogP contribution in [0, 0.1) is 38.2 Å². The minimum atomic E-state index is -0.485. The summed E-state index contributed by atoms with van der Waals surface area (Å²) in [5, 5.41) is 29.2. The van der Waals surface area contributed by atoms with Gasteiger partial charge in [-0.05, 0) is 47.1 Å². The Hall–Kier alpha value is -3.38. The van der Waals surface area contributed by atoms with E-state index in [0.717, 1.165) is 23.1 Å². The van der Waals surface area contributed by atoms with Crippen LogP contribution in [0.1, 0.15) is 32.3 Å². The van der Waals surface area contributed by atoms with E-state index in [1.54, 1.807) is 12.1 Å². The molecule has 1 aliphatic carbocycles. The minimum absolute atomic E-state index is 0.0597. The molecule has 6 heteroatoms.